The smallest absolute Gasteiger partial charge is 0.101 e. The molecular weight excluding hydrogens is 120 g/mol. The van der Waals surface area contributed by atoms with E-state index in [4.69, 9.17) is 11.1 Å². The first-order valence-corrected chi connectivity index (χ1v) is 2.78. The van der Waals surface area contributed by atoms with Crippen molar-refractivity contribution < 1.29 is 0 Å². The molecular formula is C5H10N2S. The van der Waals surface area contributed by atoms with Crippen molar-refractivity contribution in [2.24, 2.45) is 11.1 Å². The zero-order chi connectivity index (χ0) is 6.78. The average Bonchev–Trinajstić information content (AvgIpc) is 1.67. The molecule has 0 aliphatic carbocycles. The van der Waals surface area contributed by atoms with Crippen LogP contribution in [-0.4, -0.2) is 11.2 Å². The first-order chi connectivity index (χ1) is 3.50. The molecule has 3 heteroatoms. The van der Waals surface area contributed by atoms with Crippen LogP contribution >= 0.6 is 12.2 Å². The van der Waals surface area contributed by atoms with E-state index >= 15 is 0 Å². The molecule has 0 aromatic carbocycles. The quantitative estimate of drug-likeness (QED) is 0.332. The molecule has 0 atom stereocenters. The SMILES string of the molecule is CC(C)(C=S)C(=N)N. The fourth-order valence-corrected chi connectivity index (χ4v) is 0.190. The fraction of sp³-hybridized carbons (Fsp3) is 0.600. The molecule has 2 nitrogen and oxygen atoms in total. The number of nitrogens with one attached hydrogen (secondary N) is 1. The first-order valence-electron chi connectivity index (χ1n) is 2.31. The third-order valence-corrected chi connectivity index (χ3v) is 1.58. The molecule has 0 aliphatic heterocycles. The van der Waals surface area contributed by atoms with Crippen LogP contribution in [0.4, 0.5) is 0 Å². The lowest BCUT2D eigenvalue weighted by Gasteiger charge is -2.14. The Balaban J connectivity index is 4.12. The van der Waals surface area contributed by atoms with Crippen molar-refractivity contribution in [2.45, 2.75) is 13.8 Å². The summed E-state index contributed by atoms with van der Waals surface area (Å²) in [5.41, 5.74) is 4.76. The molecule has 0 aliphatic rings. The minimum Gasteiger partial charge on any atom is -0.387 e. The Kier molecular flexibility index (Phi) is 2.10. The third kappa shape index (κ3) is 1.58. The van der Waals surface area contributed by atoms with Gasteiger partial charge in [0.25, 0.3) is 0 Å². The Hall–Kier alpha value is -0.440. The minimum atomic E-state index is -0.407. The predicted octanol–water partition coefficient (Wildman–Crippen LogP) is 0.948. The minimum absolute atomic E-state index is 0.118. The molecule has 0 amide bonds. The topological polar surface area (TPSA) is 49.9 Å². The molecule has 0 rings (SSSR count). The normalized spacial score (nSPS) is 10.8. The van der Waals surface area contributed by atoms with Crippen LogP contribution in [0.15, 0.2) is 0 Å². The lowest BCUT2D eigenvalue weighted by Crippen LogP contribution is -2.31. The van der Waals surface area contributed by atoms with Crippen LogP contribution in [0.5, 0.6) is 0 Å². The van der Waals surface area contributed by atoms with Crippen LogP contribution in [0.3, 0.4) is 0 Å². The number of rotatable bonds is 2. The highest BCUT2D eigenvalue weighted by Crippen LogP contribution is 2.09. The molecule has 0 bridgehead atoms. The van der Waals surface area contributed by atoms with E-state index in [1.54, 1.807) is 0 Å². The van der Waals surface area contributed by atoms with E-state index < -0.39 is 5.41 Å². The van der Waals surface area contributed by atoms with E-state index in [0.29, 0.717) is 0 Å². The number of hydrogen-bond acceptors (Lipinski definition) is 2. The Bertz CT molecular complexity index is 118. The van der Waals surface area contributed by atoms with Crippen molar-refractivity contribution in [2.75, 3.05) is 0 Å². The first kappa shape index (κ1) is 7.56. The number of nitrogens with two attached hydrogens (primary N) is 1. The van der Waals surface area contributed by atoms with Gasteiger partial charge in [0.2, 0.25) is 0 Å². The number of thiocarbonyl (C=S) groups is 1. The lowest BCUT2D eigenvalue weighted by atomic mass is 9.96. The van der Waals surface area contributed by atoms with Crippen molar-refractivity contribution in [1.82, 2.24) is 0 Å². The third-order valence-electron chi connectivity index (χ3n) is 0.989. The second-order valence-electron chi connectivity index (χ2n) is 2.25. The summed E-state index contributed by atoms with van der Waals surface area (Å²) in [5.74, 6) is 0.118. The van der Waals surface area contributed by atoms with Crippen molar-refractivity contribution in [1.29, 1.82) is 5.41 Å². The van der Waals surface area contributed by atoms with Crippen LogP contribution in [0.2, 0.25) is 0 Å². The zero-order valence-corrected chi connectivity index (χ0v) is 5.88. The van der Waals surface area contributed by atoms with Crippen molar-refractivity contribution in [3.63, 3.8) is 0 Å². The van der Waals surface area contributed by atoms with Gasteiger partial charge in [-0.2, -0.15) is 0 Å². The highest BCUT2D eigenvalue weighted by atomic mass is 32.1. The maximum atomic E-state index is 6.98. The molecule has 0 heterocycles. The van der Waals surface area contributed by atoms with Crippen LogP contribution in [0, 0.1) is 10.8 Å². The van der Waals surface area contributed by atoms with Gasteiger partial charge in [0, 0.05) is 5.41 Å². The van der Waals surface area contributed by atoms with E-state index in [2.05, 4.69) is 12.2 Å². The van der Waals surface area contributed by atoms with Gasteiger partial charge in [0.15, 0.2) is 0 Å². The van der Waals surface area contributed by atoms with Gasteiger partial charge in [-0.1, -0.05) is 12.2 Å². The van der Waals surface area contributed by atoms with E-state index in [-0.39, 0.29) is 5.84 Å². The number of amidine groups is 1. The van der Waals surface area contributed by atoms with Gasteiger partial charge in [-0.25, -0.2) is 0 Å². The summed E-state index contributed by atoms with van der Waals surface area (Å²) < 4.78 is 0. The van der Waals surface area contributed by atoms with Crippen molar-refractivity contribution in [3.8, 4) is 0 Å². The van der Waals surface area contributed by atoms with E-state index in [0.717, 1.165) is 0 Å². The largest absolute Gasteiger partial charge is 0.387 e. The molecule has 0 saturated heterocycles. The standard InChI is InChI=1S/C5H10N2S/c1-5(2,3-8)4(6)7/h3H,1-2H3,(H3,6,7). The number of hydrogen-bond donors (Lipinski definition) is 2. The Morgan fingerprint density at radius 3 is 2.12 bits per heavy atom. The summed E-state index contributed by atoms with van der Waals surface area (Å²) >= 11 is 4.62. The molecule has 0 fully saturated rings. The summed E-state index contributed by atoms with van der Waals surface area (Å²) in [7, 11) is 0. The Labute approximate surface area is 54.6 Å². The van der Waals surface area contributed by atoms with Gasteiger partial charge in [-0.3, -0.25) is 5.41 Å². The summed E-state index contributed by atoms with van der Waals surface area (Å²) in [4.78, 5) is 0. The second kappa shape index (κ2) is 2.22. The van der Waals surface area contributed by atoms with Gasteiger partial charge >= 0.3 is 0 Å². The van der Waals surface area contributed by atoms with E-state index in [1.807, 2.05) is 13.8 Å². The molecule has 0 spiro atoms. The van der Waals surface area contributed by atoms with Crippen molar-refractivity contribution in [3.05, 3.63) is 0 Å². The monoisotopic (exact) mass is 130 g/mol. The van der Waals surface area contributed by atoms with Crippen LogP contribution < -0.4 is 5.73 Å². The van der Waals surface area contributed by atoms with Gasteiger partial charge in [0.1, 0.15) is 5.84 Å². The van der Waals surface area contributed by atoms with E-state index in [1.165, 1.54) is 5.37 Å². The lowest BCUT2D eigenvalue weighted by molar-refractivity contribution is 0.741. The van der Waals surface area contributed by atoms with Gasteiger partial charge in [-0.15, -0.1) is 0 Å². The summed E-state index contributed by atoms with van der Waals surface area (Å²) in [6, 6.07) is 0. The molecule has 3 N–H and O–H groups in total. The molecule has 0 radical (unpaired) electrons. The summed E-state index contributed by atoms with van der Waals surface area (Å²) in [6.07, 6.45) is 0. The maximum absolute atomic E-state index is 6.98. The van der Waals surface area contributed by atoms with Crippen LogP contribution in [0.25, 0.3) is 0 Å². The zero-order valence-electron chi connectivity index (χ0n) is 5.06. The van der Waals surface area contributed by atoms with Crippen LogP contribution in [0.1, 0.15) is 13.8 Å². The maximum Gasteiger partial charge on any atom is 0.101 e. The second-order valence-corrected chi connectivity index (χ2v) is 2.49. The summed E-state index contributed by atoms with van der Waals surface area (Å²) in [6.45, 7) is 3.62. The van der Waals surface area contributed by atoms with Crippen LogP contribution in [-0.2, 0) is 0 Å². The van der Waals surface area contributed by atoms with Crippen molar-refractivity contribution >= 4 is 23.4 Å². The molecule has 8 heavy (non-hydrogen) atoms. The Morgan fingerprint density at radius 1 is 1.75 bits per heavy atom. The van der Waals surface area contributed by atoms with E-state index in [9.17, 15) is 0 Å². The van der Waals surface area contributed by atoms with Gasteiger partial charge in [0.05, 0.1) is 0 Å². The highest BCUT2D eigenvalue weighted by molar-refractivity contribution is 7.79. The van der Waals surface area contributed by atoms with Gasteiger partial charge < -0.3 is 5.73 Å². The highest BCUT2D eigenvalue weighted by Gasteiger charge is 2.16. The molecule has 0 aromatic heterocycles. The molecule has 0 aromatic rings. The predicted molar refractivity (Wildman–Crippen MR) is 39.4 cm³/mol. The van der Waals surface area contributed by atoms with Gasteiger partial charge in [-0.05, 0) is 19.2 Å². The molecule has 0 unspecified atom stereocenters. The Morgan fingerprint density at radius 2 is 2.12 bits per heavy atom. The fourth-order valence-electron chi connectivity index (χ4n) is 0.0635. The summed E-state index contributed by atoms with van der Waals surface area (Å²) in [5, 5.41) is 8.47. The average molecular weight is 130 g/mol. The molecule has 0 saturated carbocycles. The molecule has 46 valence electrons.